The van der Waals surface area contributed by atoms with Crippen LogP contribution in [-0.4, -0.2) is 59.0 Å². The largest absolute Gasteiger partial charge is 0.393 e. The third kappa shape index (κ3) is 3.73. The molecule has 2 heterocycles. The van der Waals surface area contributed by atoms with Gasteiger partial charge in [-0.1, -0.05) is 32.4 Å². The molecular formula is C31H48N2O3. The first-order valence-corrected chi connectivity index (χ1v) is 15.0. The lowest BCUT2D eigenvalue weighted by Crippen LogP contribution is -2.73. The van der Waals surface area contributed by atoms with Crippen LogP contribution < -0.4 is 0 Å². The lowest BCUT2D eigenvalue weighted by atomic mass is 9.47. The zero-order chi connectivity index (χ0) is 25.5. The number of fused-ring (bicyclic) bond motifs is 5. The van der Waals surface area contributed by atoms with Crippen molar-refractivity contribution in [2.75, 3.05) is 26.2 Å². The highest BCUT2D eigenvalue weighted by Crippen LogP contribution is 2.67. The fraction of sp³-hybridized carbons (Fsp3) is 0.871. The van der Waals surface area contributed by atoms with Crippen molar-refractivity contribution in [3.05, 3.63) is 11.6 Å². The number of hydrogen-bond acceptors (Lipinski definition) is 3. The van der Waals surface area contributed by atoms with Crippen LogP contribution in [0.1, 0.15) is 91.9 Å². The molecule has 6 rings (SSSR count). The number of carbonyl (C=O) groups is 2. The zero-order valence-electron chi connectivity index (χ0n) is 23.1. The summed E-state index contributed by atoms with van der Waals surface area (Å²) in [6, 6.07) is 0. The molecule has 3 saturated carbocycles. The van der Waals surface area contributed by atoms with Crippen LogP contribution in [0.4, 0.5) is 0 Å². The molecule has 36 heavy (non-hydrogen) atoms. The summed E-state index contributed by atoms with van der Waals surface area (Å²) in [5.41, 5.74) is 2.51. The second-order valence-corrected chi connectivity index (χ2v) is 14.5. The Labute approximate surface area is 218 Å². The molecule has 1 N–H and O–H groups in total. The Bertz CT molecular complexity index is 945. The minimum Gasteiger partial charge on any atom is -0.393 e. The molecule has 6 aliphatic rings. The quantitative estimate of drug-likeness (QED) is 0.555. The van der Waals surface area contributed by atoms with Crippen molar-refractivity contribution in [1.82, 2.24) is 9.80 Å². The van der Waals surface area contributed by atoms with E-state index in [1.807, 2.05) is 9.80 Å². The van der Waals surface area contributed by atoms with Gasteiger partial charge in [-0.05, 0) is 98.2 Å². The Morgan fingerprint density at radius 3 is 2.47 bits per heavy atom. The predicted molar refractivity (Wildman–Crippen MR) is 141 cm³/mol. The Hall–Kier alpha value is -1.36. The number of carbonyl (C=O) groups excluding carboxylic acids is 2. The first-order chi connectivity index (χ1) is 17.0. The molecule has 5 heteroatoms. The van der Waals surface area contributed by atoms with Gasteiger partial charge < -0.3 is 14.9 Å². The van der Waals surface area contributed by atoms with Gasteiger partial charge in [-0.2, -0.15) is 0 Å². The summed E-state index contributed by atoms with van der Waals surface area (Å²) in [5.74, 6) is 4.24. The molecule has 200 valence electrons. The van der Waals surface area contributed by atoms with E-state index in [2.05, 4.69) is 26.8 Å². The molecule has 4 aliphatic carbocycles. The maximum absolute atomic E-state index is 13.0. The van der Waals surface area contributed by atoms with Gasteiger partial charge in [0, 0.05) is 44.9 Å². The Morgan fingerprint density at radius 1 is 1.03 bits per heavy atom. The van der Waals surface area contributed by atoms with Gasteiger partial charge in [-0.25, -0.2) is 0 Å². The Morgan fingerprint density at radius 2 is 1.75 bits per heavy atom. The van der Waals surface area contributed by atoms with Crippen LogP contribution in [-0.2, 0) is 9.59 Å². The van der Waals surface area contributed by atoms with Gasteiger partial charge in [0.2, 0.25) is 11.8 Å². The average molecular weight is 497 g/mol. The molecule has 0 unspecified atom stereocenters. The first-order valence-electron chi connectivity index (χ1n) is 15.0. The molecule has 1 spiro atoms. The van der Waals surface area contributed by atoms with Crippen molar-refractivity contribution in [2.24, 2.45) is 45.8 Å². The van der Waals surface area contributed by atoms with Gasteiger partial charge >= 0.3 is 0 Å². The normalized spacial score (nSPS) is 43.5. The van der Waals surface area contributed by atoms with Crippen LogP contribution in [0.3, 0.4) is 0 Å². The maximum Gasteiger partial charge on any atom is 0.222 e. The van der Waals surface area contributed by atoms with Crippen molar-refractivity contribution in [2.45, 2.75) is 98.0 Å². The zero-order valence-corrected chi connectivity index (χ0v) is 23.1. The summed E-state index contributed by atoms with van der Waals surface area (Å²) in [6.07, 6.45) is 13.8. The van der Waals surface area contributed by atoms with E-state index in [9.17, 15) is 14.7 Å². The highest BCUT2D eigenvalue weighted by molar-refractivity contribution is 5.78. The first kappa shape index (κ1) is 24.9. The average Bonchev–Trinajstić information content (AvgIpc) is 3.13. The molecule has 0 aromatic carbocycles. The lowest BCUT2D eigenvalue weighted by molar-refractivity contribution is -0.167. The van der Waals surface area contributed by atoms with Crippen LogP contribution in [0.2, 0.25) is 0 Å². The molecule has 8 atom stereocenters. The number of allylic oxidation sites excluding steroid dienone is 1. The topological polar surface area (TPSA) is 60.9 Å². The number of likely N-dealkylation sites (tertiary alicyclic amines) is 2. The number of nitrogens with zero attached hydrogens (tertiary/aromatic N) is 2. The van der Waals surface area contributed by atoms with Crippen LogP contribution in [0.25, 0.3) is 0 Å². The monoisotopic (exact) mass is 496 g/mol. The van der Waals surface area contributed by atoms with Gasteiger partial charge in [0.05, 0.1) is 6.10 Å². The van der Waals surface area contributed by atoms with E-state index in [1.54, 1.807) is 12.5 Å². The summed E-state index contributed by atoms with van der Waals surface area (Å²) in [7, 11) is 0. The maximum atomic E-state index is 13.0. The Balaban J connectivity index is 1.05. The Kier molecular flexibility index (Phi) is 5.94. The molecule has 2 amide bonds. The van der Waals surface area contributed by atoms with Crippen LogP contribution in [0.15, 0.2) is 11.6 Å². The van der Waals surface area contributed by atoms with Crippen LogP contribution in [0, 0.1) is 45.8 Å². The van der Waals surface area contributed by atoms with E-state index in [0.717, 1.165) is 75.5 Å². The van der Waals surface area contributed by atoms with Crippen LogP contribution >= 0.6 is 0 Å². The summed E-state index contributed by atoms with van der Waals surface area (Å²) in [5, 5.41) is 10.3. The molecular weight excluding hydrogens is 448 g/mol. The number of amides is 2. The third-order valence-electron chi connectivity index (χ3n) is 12.6. The molecule has 0 aromatic heterocycles. The second-order valence-electron chi connectivity index (χ2n) is 14.5. The van der Waals surface area contributed by atoms with E-state index < -0.39 is 0 Å². The minimum atomic E-state index is -0.125. The molecule has 0 bridgehead atoms. The van der Waals surface area contributed by atoms with Gasteiger partial charge in [-0.3, -0.25) is 9.59 Å². The minimum absolute atomic E-state index is 0.125. The number of aliphatic hydroxyl groups excluding tert-OH is 1. The molecule has 5 nitrogen and oxygen atoms in total. The SMILES string of the molecule is CC(=O)N1CC2(C1)CN(C(=O)CC[C@@H](C)[C@H]1CC[C@H]3[C@@H]4CC=C5C[C@@H](O)CC[C@]5(C)[C@H]4CC[C@]13C)C2. The van der Waals surface area contributed by atoms with Crippen molar-refractivity contribution in [3.63, 3.8) is 0 Å². The number of hydrogen-bond donors (Lipinski definition) is 1. The number of rotatable bonds is 4. The van der Waals surface area contributed by atoms with Gasteiger partial charge in [0.15, 0.2) is 0 Å². The number of aliphatic hydroxyl groups is 1. The highest BCUT2D eigenvalue weighted by atomic mass is 16.3. The summed E-state index contributed by atoms with van der Waals surface area (Å²) >= 11 is 0. The fourth-order valence-corrected chi connectivity index (χ4v) is 10.5. The highest BCUT2D eigenvalue weighted by Gasteiger charge is 2.59. The van der Waals surface area contributed by atoms with Gasteiger partial charge in [0.1, 0.15) is 0 Å². The fourth-order valence-electron chi connectivity index (χ4n) is 10.5. The van der Waals surface area contributed by atoms with E-state index in [4.69, 9.17) is 0 Å². The molecule has 5 fully saturated rings. The van der Waals surface area contributed by atoms with Crippen molar-refractivity contribution in [3.8, 4) is 0 Å². The second kappa shape index (κ2) is 8.58. The van der Waals surface area contributed by atoms with Crippen molar-refractivity contribution in [1.29, 1.82) is 0 Å². The van der Waals surface area contributed by atoms with Gasteiger partial charge in [-0.15, -0.1) is 0 Å². The van der Waals surface area contributed by atoms with Gasteiger partial charge in [0.25, 0.3) is 0 Å². The molecule has 0 aromatic rings. The summed E-state index contributed by atoms with van der Waals surface area (Å²) in [4.78, 5) is 28.4. The third-order valence-corrected chi connectivity index (χ3v) is 12.6. The van der Waals surface area contributed by atoms with Crippen molar-refractivity contribution < 1.29 is 14.7 Å². The standard InChI is InChI=1S/C31H48N2O3/c1-20(5-10-28(36)33-18-31(19-33)16-32(17-31)21(2)34)25-8-9-26-24-7-6-22-15-23(35)11-13-29(22,3)27(24)12-14-30(25,26)4/h6,20,23-27,35H,5,7-19H2,1-4H3/t20-,23+,24+,25-,26+,27+,29+,30-/m1/s1. The van der Waals surface area contributed by atoms with Crippen molar-refractivity contribution >= 4 is 11.8 Å². The molecule has 0 radical (unpaired) electrons. The smallest absolute Gasteiger partial charge is 0.222 e. The summed E-state index contributed by atoms with van der Waals surface area (Å²) in [6.45, 7) is 12.6. The molecule has 2 saturated heterocycles. The predicted octanol–water partition coefficient (Wildman–Crippen LogP) is 5.03. The van der Waals surface area contributed by atoms with Crippen LogP contribution in [0.5, 0.6) is 0 Å². The van der Waals surface area contributed by atoms with E-state index in [-0.39, 0.29) is 17.4 Å². The van der Waals surface area contributed by atoms with E-state index in [1.165, 1.54) is 32.1 Å². The summed E-state index contributed by atoms with van der Waals surface area (Å²) < 4.78 is 0. The van der Waals surface area contributed by atoms with E-state index in [0.29, 0.717) is 29.1 Å². The lowest BCUT2D eigenvalue weighted by Gasteiger charge is -2.60. The van der Waals surface area contributed by atoms with E-state index >= 15 is 0 Å². The molecule has 2 aliphatic heterocycles.